The van der Waals surface area contributed by atoms with Crippen molar-refractivity contribution in [3.05, 3.63) is 35.4 Å². The van der Waals surface area contributed by atoms with E-state index >= 15 is 0 Å². The van der Waals surface area contributed by atoms with E-state index in [1.54, 1.807) is 7.05 Å². The molecule has 5 heteroatoms. The zero-order valence-electron chi connectivity index (χ0n) is 15.1. The van der Waals surface area contributed by atoms with Gasteiger partial charge in [0.1, 0.15) is 0 Å². The van der Waals surface area contributed by atoms with Gasteiger partial charge < -0.3 is 15.4 Å². The quantitative estimate of drug-likeness (QED) is 0.286. The minimum absolute atomic E-state index is 0. The molecule has 0 saturated carbocycles. The lowest BCUT2D eigenvalue weighted by molar-refractivity contribution is 0.145. The average Bonchev–Trinajstić information content (AvgIpc) is 2.50. The van der Waals surface area contributed by atoms with Crippen molar-refractivity contribution in [2.24, 2.45) is 4.99 Å². The summed E-state index contributed by atoms with van der Waals surface area (Å²) in [6.07, 6.45) is 0.982. The van der Waals surface area contributed by atoms with Gasteiger partial charge in [-0.2, -0.15) is 0 Å². The van der Waals surface area contributed by atoms with E-state index in [1.165, 1.54) is 11.1 Å². The SMILES string of the molecule is CCOCCCNC(=NC)NCC(C)(C)c1cccc(C)c1.I. The Morgan fingerprint density at radius 1 is 1.26 bits per heavy atom. The van der Waals surface area contributed by atoms with Crippen molar-refractivity contribution in [2.45, 2.75) is 39.5 Å². The number of aryl methyl sites for hydroxylation is 1. The Morgan fingerprint density at radius 2 is 2.00 bits per heavy atom. The number of halogens is 1. The number of rotatable bonds is 8. The molecule has 0 spiro atoms. The number of guanidine groups is 1. The monoisotopic (exact) mass is 433 g/mol. The summed E-state index contributed by atoms with van der Waals surface area (Å²) in [6.45, 7) is 11.9. The number of benzene rings is 1. The van der Waals surface area contributed by atoms with Gasteiger partial charge in [-0.05, 0) is 25.8 Å². The first-order valence-electron chi connectivity index (χ1n) is 8.09. The Kier molecular flexibility index (Phi) is 11.3. The highest BCUT2D eigenvalue weighted by atomic mass is 127. The second-order valence-electron chi connectivity index (χ2n) is 6.16. The minimum atomic E-state index is 0. The van der Waals surface area contributed by atoms with Crippen LogP contribution in [-0.2, 0) is 10.2 Å². The van der Waals surface area contributed by atoms with Crippen LogP contribution in [0.4, 0.5) is 0 Å². The molecule has 0 fully saturated rings. The molecule has 2 N–H and O–H groups in total. The third-order valence-electron chi connectivity index (χ3n) is 3.68. The molecule has 0 aliphatic carbocycles. The first kappa shape index (κ1) is 22.2. The summed E-state index contributed by atoms with van der Waals surface area (Å²) in [4.78, 5) is 4.27. The molecular formula is C18H32IN3O. The molecule has 1 rings (SSSR count). The van der Waals surface area contributed by atoms with Gasteiger partial charge in [-0.3, -0.25) is 4.99 Å². The fourth-order valence-corrected chi connectivity index (χ4v) is 2.22. The van der Waals surface area contributed by atoms with Gasteiger partial charge in [-0.1, -0.05) is 43.7 Å². The number of ether oxygens (including phenoxy) is 1. The summed E-state index contributed by atoms with van der Waals surface area (Å²) < 4.78 is 5.33. The highest BCUT2D eigenvalue weighted by Crippen LogP contribution is 2.22. The van der Waals surface area contributed by atoms with E-state index in [9.17, 15) is 0 Å². The first-order chi connectivity index (χ1) is 10.5. The van der Waals surface area contributed by atoms with Crippen molar-refractivity contribution < 1.29 is 4.74 Å². The summed E-state index contributed by atoms with van der Waals surface area (Å²) in [7, 11) is 1.80. The molecule has 0 unspecified atom stereocenters. The van der Waals surface area contributed by atoms with Crippen LogP contribution < -0.4 is 10.6 Å². The van der Waals surface area contributed by atoms with Crippen LogP contribution in [0.3, 0.4) is 0 Å². The summed E-state index contributed by atoms with van der Waals surface area (Å²) in [5, 5.41) is 6.74. The zero-order chi connectivity index (χ0) is 16.4. The van der Waals surface area contributed by atoms with E-state index in [2.05, 4.69) is 60.7 Å². The van der Waals surface area contributed by atoms with E-state index in [4.69, 9.17) is 4.74 Å². The average molecular weight is 433 g/mol. The number of nitrogens with one attached hydrogen (secondary N) is 2. The second-order valence-corrected chi connectivity index (χ2v) is 6.16. The zero-order valence-corrected chi connectivity index (χ0v) is 17.4. The van der Waals surface area contributed by atoms with Crippen molar-refractivity contribution in [3.63, 3.8) is 0 Å². The van der Waals surface area contributed by atoms with Crippen molar-refractivity contribution in [3.8, 4) is 0 Å². The molecule has 1 aromatic carbocycles. The molecular weight excluding hydrogens is 401 g/mol. The van der Waals surface area contributed by atoms with Gasteiger partial charge in [0.2, 0.25) is 0 Å². The van der Waals surface area contributed by atoms with Crippen molar-refractivity contribution in [2.75, 3.05) is 33.4 Å². The van der Waals surface area contributed by atoms with Gasteiger partial charge in [0, 0.05) is 38.8 Å². The van der Waals surface area contributed by atoms with Crippen LogP contribution in [0.25, 0.3) is 0 Å². The molecule has 23 heavy (non-hydrogen) atoms. The molecule has 0 heterocycles. The number of aliphatic imine (C=N–C) groups is 1. The third-order valence-corrected chi connectivity index (χ3v) is 3.68. The van der Waals surface area contributed by atoms with Gasteiger partial charge in [0.25, 0.3) is 0 Å². The van der Waals surface area contributed by atoms with E-state index < -0.39 is 0 Å². The standard InChI is InChI=1S/C18H31N3O.HI/c1-6-22-12-8-11-20-17(19-5)21-14-18(3,4)16-10-7-9-15(2)13-16;/h7,9-10,13H,6,8,11-12,14H2,1-5H3,(H2,19,20,21);1H. The van der Waals surface area contributed by atoms with E-state index in [0.717, 1.165) is 38.7 Å². The van der Waals surface area contributed by atoms with Gasteiger partial charge >= 0.3 is 0 Å². The number of hydrogen-bond donors (Lipinski definition) is 2. The lowest BCUT2D eigenvalue weighted by atomic mass is 9.84. The van der Waals surface area contributed by atoms with Crippen molar-refractivity contribution in [1.29, 1.82) is 0 Å². The molecule has 0 saturated heterocycles. The van der Waals surface area contributed by atoms with E-state index in [-0.39, 0.29) is 29.4 Å². The maximum absolute atomic E-state index is 5.33. The Hall–Kier alpha value is -0.820. The van der Waals surface area contributed by atoms with Gasteiger partial charge in [-0.15, -0.1) is 24.0 Å². The van der Waals surface area contributed by atoms with Crippen LogP contribution in [-0.4, -0.2) is 39.3 Å². The predicted octanol–water partition coefficient (Wildman–Crippen LogP) is 3.48. The van der Waals surface area contributed by atoms with E-state index in [0.29, 0.717) is 0 Å². The summed E-state index contributed by atoms with van der Waals surface area (Å²) in [5.74, 6) is 0.845. The van der Waals surface area contributed by atoms with E-state index in [1.807, 2.05) is 6.92 Å². The summed E-state index contributed by atoms with van der Waals surface area (Å²) in [5.41, 5.74) is 2.69. The Balaban J connectivity index is 0.00000484. The maximum Gasteiger partial charge on any atom is 0.191 e. The Morgan fingerprint density at radius 3 is 2.61 bits per heavy atom. The van der Waals surface area contributed by atoms with Crippen molar-refractivity contribution in [1.82, 2.24) is 10.6 Å². The summed E-state index contributed by atoms with van der Waals surface area (Å²) in [6, 6.07) is 8.69. The van der Waals surface area contributed by atoms with Crippen LogP contribution in [0, 0.1) is 6.92 Å². The Bertz CT molecular complexity index is 475. The normalized spacial score (nSPS) is 11.8. The fourth-order valence-electron chi connectivity index (χ4n) is 2.22. The molecule has 0 aliphatic rings. The maximum atomic E-state index is 5.33. The third kappa shape index (κ3) is 8.55. The number of nitrogens with zero attached hydrogens (tertiary/aromatic N) is 1. The largest absolute Gasteiger partial charge is 0.382 e. The predicted molar refractivity (Wildman–Crippen MR) is 110 cm³/mol. The lowest BCUT2D eigenvalue weighted by Crippen LogP contribution is -2.43. The lowest BCUT2D eigenvalue weighted by Gasteiger charge is -2.27. The fraction of sp³-hybridized carbons (Fsp3) is 0.611. The minimum Gasteiger partial charge on any atom is -0.382 e. The highest BCUT2D eigenvalue weighted by Gasteiger charge is 2.20. The number of hydrogen-bond acceptors (Lipinski definition) is 2. The van der Waals surface area contributed by atoms with Gasteiger partial charge in [0.05, 0.1) is 0 Å². The molecule has 0 bridgehead atoms. The molecule has 0 atom stereocenters. The molecule has 0 aromatic heterocycles. The smallest absolute Gasteiger partial charge is 0.191 e. The van der Waals surface area contributed by atoms with Crippen molar-refractivity contribution >= 4 is 29.9 Å². The van der Waals surface area contributed by atoms with Crippen LogP contribution in [0.2, 0.25) is 0 Å². The second kappa shape index (κ2) is 11.7. The first-order valence-corrected chi connectivity index (χ1v) is 8.09. The molecule has 0 amide bonds. The molecule has 0 aliphatic heterocycles. The highest BCUT2D eigenvalue weighted by molar-refractivity contribution is 14.0. The van der Waals surface area contributed by atoms with Crippen LogP contribution in [0.5, 0.6) is 0 Å². The van der Waals surface area contributed by atoms with Gasteiger partial charge in [-0.25, -0.2) is 0 Å². The van der Waals surface area contributed by atoms with Crippen LogP contribution in [0.15, 0.2) is 29.3 Å². The topological polar surface area (TPSA) is 45.6 Å². The van der Waals surface area contributed by atoms with Crippen LogP contribution >= 0.6 is 24.0 Å². The molecule has 132 valence electrons. The summed E-state index contributed by atoms with van der Waals surface area (Å²) >= 11 is 0. The molecule has 1 aromatic rings. The Labute approximate surface area is 158 Å². The van der Waals surface area contributed by atoms with Crippen LogP contribution in [0.1, 0.15) is 38.3 Å². The molecule has 4 nitrogen and oxygen atoms in total. The molecule has 0 radical (unpaired) electrons. The van der Waals surface area contributed by atoms with Gasteiger partial charge in [0.15, 0.2) is 5.96 Å².